The lowest BCUT2D eigenvalue weighted by Crippen LogP contribution is -2.16. The molecule has 1 amide bonds. The molecule has 6 nitrogen and oxygen atoms in total. The molecule has 0 aliphatic carbocycles. The number of anilines is 1. The Balaban J connectivity index is 2.06. The van der Waals surface area contributed by atoms with Gasteiger partial charge in [0.1, 0.15) is 0 Å². The maximum atomic E-state index is 11.8. The number of hydrogen-bond acceptors (Lipinski definition) is 4. The first-order valence-electron chi connectivity index (χ1n) is 6.21. The Bertz CT molecular complexity index is 524. The largest absolute Gasteiger partial charge is 0.324 e. The summed E-state index contributed by atoms with van der Waals surface area (Å²) in [6.45, 7) is 0.831. The third-order valence-corrected chi connectivity index (χ3v) is 2.68. The molecule has 0 aliphatic heterocycles. The van der Waals surface area contributed by atoms with E-state index in [1.54, 1.807) is 17.1 Å². The van der Waals surface area contributed by atoms with Crippen molar-refractivity contribution in [2.45, 2.75) is 12.8 Å². The predicted octanol–water partition coefficient (Wildman–Crippen LogP) is 1.21. The Hall–Kier alpha value is -2.21. The smallest absolute Gasteiger partial charge is 0.224 e. The number of benzene rings is 1. The van der Waals surface area contributed by atoms with Gasteiger partial charge < -0.3 is 10.6 Å². The molecule has 0 bridgehead atoms. The number of aromatic nitrogens is 3. The molecular formula is C13H17N5O. The standard InChI is InChI=1S/C13H17N5O/c1-14-8-4-7-13(19)16-11-5-2-3-6-12(11)18-10-9-15-17-18/h2-3,5-6,9-10,14H,4,7-8H2,1H3,(H,16,19). The summed E-state index contributed by atoms with van der Waals surface area (Å²) in [6, 6.07) is 7.52. The number of hydrogen-bond donors (Lipinski definition) is 2. The van der Waals surface area contributed by atoms with Crippen molar-refractivity contribution < 1.29 is 4.79 Å². The van der Waals surface area contributed by atoms with Crippen LogP contribution in [0.3, 0.4) is 0 Å². The van der Waals surface area contributed by atoms with Crippen LogP contribution in [0.2, 0.25) is 0 Å². The first-order chi connectivity index (χ1) is 9.31. The first kappa shape index (κ1) is 13.2. The Morgan fingerprint density at radius 1 is 1.37 bits per heavy atom. The molecule has 2 aromatic rings. The Morgan fingerprint density at radius 2 is 2.21 bits per heavy atom. The Kier molecular flexibility index (Phi) is 4.63. The van der Waals surface area contributed by atoms with Gasteiger partial charge in [-0.05, 0) is 32.1 Å². The minimum atomic E-state index is 0.00261. The maximum Gasteiger partial charge on any atom is 0.224 e. The van der Waals surface area contributed by atoms with Crippen LogP contribution >= 0.6 is 0 Å². The van der Waals surface area contributed by atoms with E-state index in [0.717, 1.165) is 24.3 Å². The van der Waals surface area contributed by atoms with E-state index in [0.29, 0.717) is 6.42 Å². The molecule has 1 aromatic heterocycles. The van der Waals surface area contributed by atoms with Crippen LogP contribution in [0.25, 0.3) is 5.69 Å². The highest BCUT2D eigenvalue weighted by Gasteiger charge is 2.08. The van der Waals surface area contributed by atoms with Gasteiger partial charge in [-0.25, -0.2) is 4.68 Å². The maximum absolute atomic E-state index is 11.8. The minimum absolute atomic E-state index is 0.00261. The highest BCUT2D eigenvalue weighted by atomic mass is 16.1. The highest BCUT2D eigenvalue weighted by molar-refractivity contribution is 5.92. The average molecular weight is 259 g/mol. The number of nitrogens with one attached hydrogen (secondary N) is 2. The van der Waals surface area contributed by atoms with Gasteiger partial charge in [-0.2, -0.15) is 0 Å². The Morgan fingerprint density at radius 3 is 2.95 bits per heavy atom. The summed E-state index contributed by atoms with van der Waals surface area (Å²) in [7, 11) is 1.87. The molecule has 0 unspecified atom stereocenters. The van der Waals surface area contributed by atoms with Gasteiger partial charge in [-0.1, -0.05) is 17.3 Å². The van der Waals surface area contributed by atoms with Gasteiger partial charge in [-0.15, -0.1) is 5.10 Å². The first-order valence-corrected chi connectivity index (χ1v) is 6.21. The molecule has 2 N–H and O–H groups in total. The van der Waals surface area contributed by atoms with Crippen LogP contribution in [-0.2, 0) is 4.79 Å². The molecule has 0 saturated carbocycles. The van der Waals surface area contributed by atoms with Crippen molar-refractivity contribution in [2.75, 3.05) is 18.9 Å². The zero-order valence-electron chi connectivity index (χ0n) is 10.8. The second-order valence-electron chi connectivity index (χ2n) is 4.12. The van der Waals surface area contributed by atoms with Crippen LogP contribution in [0.15, 0.2) is 36.7 Å². The second-order valence-corrected chi connectivity index (χ2v) is 4.12. The van der Waals surface area contributed by atoms with E-state index in [-0.39, 0.29) is 5.91 Å². The third-order valence-electron chi connectivity index (χ3n) is 2.68. The number of amides is 1. The number of carbonyl (C=O) groups excluding carboxylic acids is 1. The van der Waals surface area contributed by atoms with Gasteiger partial charge >= 0.3 is 0 Å². The number of para-hydroxylation sites is 2. The highest BCUT2D eigenvalue weighted by Crippen LogP contribution is 2.18. The Labute approximate surface area is 111 Å². The quantitative estimate of drug-likeness (QED) is 0.765. The van der Waals surface area contributed by atoms with Gasteiger partial charge in [0, 0.05) is 6.42 Å². The molecule has 0 radical (unpaired) electrons. The SMILES string of the molecule is CNCCCC(=O)Nc1ccccc1-n1ccnn1. The van der Waals surface area contributed by atoms with Gasteiger partial charge in [0.05, 0.1) is 23.8 Å². The summed E-state index contributed by atoms with van der Waals surface area (Å²) < 4.78 is 1.63. The molecule has 1 heterocycles. The molecule has 19 heavy (non-hydrogen) atoms. The van der Waals surface area contributed by atoms with Crippen molar-refractivity contribution >= 4 is 11.6 Å². The van der Waals surface area contributed by atoms with Gasteiger partial charge in [0.25, 0.3) is 0 Å². The number of carbonyl (C=O) groups is 1. The molecule has 6 heteroatoms. The van der Waals surface area contributed by atoms with Crippen molar-refractivity contribution in [3.8, 4) is 5.69 Å². The van der Waals surface area contributed by atoms with E-state index < -0.39 is 0 Å². The van der Waals surface area contributed by atoms with Crippen molar-refractivity contribution in [3.63, 3.8) is 0 Å². The fraction of sp³-hybridized carbons (Fsp3) is 0.308. The number of nitrogens with zero attached hydrogens (tertiary/aromatic N) is 3. The lowest BCUT2D eigenvalue weighted by Gasteiger charge is -2.10. The molecule has 100 valence electrons. The molecule has 0 saturated heterocycles. The summed E-state index contributed by atoms with van der Waals surface area (Å²) >= 11 is 0. The van der Waals surface area contributed by atoms with Crippen molar-refractivity contribution in [1.82, 2.24) is 20.3 Å². The van der Waals surface area contributed by atoms with Crippen LogP contribution in [0.4, 0.5) is 5.69 Å². The molecule has 0 aliphatic rings. The summed E-state index contributed by atoms with van der Waals surface area (Å²) in [5, 5.41) is 13.6. The fourth-order valence-electron chi connectivity index (χ4n) is 1.75. The summed E-state index contributed by atoms with van der Waals surface area (Å²) in [6.07, 6.45) is 4.65. The monoisotopic (exact) mass is 259 g/mol. The van der Waals surface area contributed by atoms with Gasteiger partial charge in [-0.3, -0.25) is 4.79 Å². The van der Waals surface area contributed by atoms with Gasteiger partial charge in [0.2, 0.25) is 5.91 Å². The zero-order valence-corrected chi connectivity index (χ0v) is 10.8. The normalized spacial score (nSPS) is 10.4. The van der Waals surface area contributed by atoms with Crippen LogP contribution in [0.1, 0.15) is 12.8 Å². The summed E-state index contributed by atoms with van der Waals surface area (Å²) in [5.74, 6) is 0.00261. The van der Waals surface area contributed by atoms with E-state index in [1.165, 1.54) is 0 Å². The zero-order chi connectivity index (χ0) is 13.5. The van der Waals surface area contributed by atoms with E-state index in [2.05, 4.69) is 20.9 Å². The van der Waals surface area contributed by atoms with Crippen molar-refractivity contribution in [2.24, 2.45) is 0 Å². The molecule has 1 aromatic carbocycles. The molecular weight excluding hydrogens is 242 g/mol. The minimum Gasteiger partial charge on any atom is -0.324 e. The summed E-state index contributed by atoms with van der Waals surface area (Å²) in [5.41, 5.74) is 1.55. The van der Waals surface area contributed by atoms with Crippen molar-refractivity contribution in [3.05, 3.63) is 36.7 Å². The fourth-order valence-corrected chi connectivity index (χ4v) is 1.75. The third kappa shape index (κ3) is 3.62. The van der Waals surface area contributed by atoms with Crippen molar-refractivity contribution in [1.29, 1.82) is 0 Å². The lowest BCUT2D eigenvalue weighted by atomic mass is 10.2. The topological polar surface area (TPSA) is 71.8 Å². The van der Waals surface area contributed by atoms with E-state index in [9.17, 15) is 4.79 Å². The van der Waals surface area contributed by atoms with E-state index >= 15 is 0 Å². The lowest BCUT2D eigenvalue weighted by molar-refractivity contribution is -0.116. The molecule has 0 spiro atoms. The van der Waals surface area contributed by atoms with E-state index in [1.807, 2.05) is 31.3 Å². The second kappa shape index (κ2) is 6.65. The molecule has 0 fully saturated rings. The van der Waals surface area contributed by atoms with Crippen LogP contribution in [0.5, 0.6) is 0 Å². The van der Waals surface area contributed by atoms with E-state index in [4.69, 9.17) is 0 Å². The average Bonchev–Trinajstić information content (AvgIpc) is 2.93. The molecule has 0 atom stereocenters. The predicted molar refractivity (Wildman–Crippen MR) is 73.1 cm³/mol. The number of rotatable bonds is 6. The van der Waals surface area contributed by atoms with Gasteiger partial charge in [0.15, 0.2) is 0 Å². The van der Waals surface area contributed by atoms with Crippen LogP contribution < -0.4 is 10.6 Å². The van der Waals surface area contributed by atoms with Crippen LogP contribution in [0, 0.1) is 0 Å². The molecule has 2 rings (SSSR count). The van der Waals surface area contributed by atoms with Crippen LogP contribution in [-0.4, -0.2) is 34.5 Å². The summed E-state index contributed by atoms with van der Waals surface area (Å²) in [4.78, 5) is 11.8.